The summed E-state index contributed by atoms with van der Waals surface area (Å²) in [6, 6.07) is 7.04. The first kappa shape index (κ1) is 12.1. The number of hydrogen-bond donors (Lipinski definition) is 2. The van der Waals surface area contributed by atoms with Gasteiger partial charge in [-0.3, -0.25) is 0 Å². The number of aromatic hydroxyl groups is 1. The molecule has 84 valence electrons. The molecule has 2 atom stereocenters. The minimum atomic E-state index is -0.283. The Morgan fingerprint density at radius 2 is 1.80 bits per heavy atom. The molecule has 2 heteroatoms. The summed E-state index contributed by atoms with van der Waals surface area (Å²) in [4.78, 5) is 0. The van der Waals surface area contributed by atoms with Crippen molar-refractivity contribution < 1.29 is 10.2 Å². The third-order valence-corrected chi connectivity index (χ3v) is 2.78. The molecule has 0 fully saturated rings. The normalized spacial score (nSPS) is 14.9. The Kier molecular flexibility index (Phi) is 4.63. The van der Waals surface area contributed by atoms with Crippen molar-refractivity contribution in [2.45, 2.75) is 39.2 Å². The first-order valence-corrected chi connectivity index (χ1v) is 5.59. The van der Waals surface area contributed by atoms with Gasteiger partial charge < -0.3 is 10.2 Å². The summed E-state index contributed by atoms with van der Waals surface area (Å²) in [7, 11) is 0. The predicted octanol–water partition coefficient (Wildman–Crippen LogP) is 2.73. The highest BCUT2D eigenvalue weighted by Gasteiger charge is 2.13. The highest BCUT2D eigenvalue weighted by atomic mass is 16.3. The summed E-state index contributed by atoms with van der Waals surface area (Å²) < 4.78 is 0. The van der Waals surface area contributed by atoms with Crippen molar-refractivity contribution in [2.75, 3.05) is 0 Å². The van der Waals surface area contributed by atoms with Crippen LogP contribution < -0.4 is 0 Å². The van der Waals surface area contributed by atoms with Gasteiger partial charge in [-0.1, -0.05) is 32.4 Å². The molecule has 0 spiro atoms. The largest absolute Gasteiger partial charge is 0.508 e. The number of phenols is 1. The number of benzene rings is 1. The van der Waals surface area contributed by atoms with Crippen LogP contribution in [0.15, 0.2) is 24.3 Å². The topological polar surface area (TPSA) is 40.5 Å². The van der Waals surface area contributed by atoms with E-state index in [0.717, 1.165) is 18.4 Å². The van der Waals surface area contributed by atoms with Gasteiger partial charge in [-0.25, -0.2) is 0 Å². The monoisotopic (exact) mass is 208 g/mol. The van der Waals surface area contributed by atoms with Gasteiger partial charge in [0.25, 0.3) is 0 Å². The highest BCUT2D eigenvalue weighted by molar-refractivity contribution is 5.26. The molecule has 0 saturated carbocycles. The molecule has 1 aromatic carbocycles. The van der Waals surface area contributed by atoms with Crippen molar-refractivity contribution in [1.82, 2.24) is 0 Å². The summed E-state index contributed by atoms with van der Waals surface area (Å²) in [6.45, 7) is 4.21. The van der Waals surface area contributed by atoms with Crippen LogP contribution in [0.3, 0.4) is 0 Å². The van der Waals surface area contributed by atoms with Crippen LogP contribution in [0.4, 0.5) is 0 Å². The minimum Gasteiger partial charge on any atom is -0.508 e. The zero-order valence-electron chi connectivity index (χ0n) is 9.48. The van der Waals surface area contributed by atoms with Crippen molar-refractivity contribution in [3.63, 3.8) is 0 Å². The van der Waals surface area contributed by atoms with Crippen LogP contribution in [-0.2, 0) is 6.42 Å². The van der Waals surface area contributed by atoms with E-state index in [1.54, 1.807) is 12.1 Å². The molecule has 0 aliphatic carbocycles. The average Bonchev–Trinajstić information content (AvgIpc) is 2.22. The van der Waals surface area contributed by atoms with E-state index < -0.39 is 0 Å². The maximum atomic E-state index is 9.91. The molecule has 0 amide bonds. The standard InChI is InChI=1S/C13H20O2/c1-3-4-10(2)13(15)9-11-5-7-12(14)8-6-11/h5-8,10,13-15H,3-4,9H2,1-2H3. The van der Waals surface area contributed by atoms with E-state index in [1.807, 2.05) is 12.1 Å². The first-order valence-electron chi connectivity index (χ1n) is 5.59. The zero-order chi connectivity index (χ0) is 11.3. The second kappa shape index (κ2) is 5.76. The van der Waals surface area contributed by atoms with Gasteiger partial charge in [0, 0.05) is 0 Å². The van der Waals surface area contributed by atoms with Crippen molar-refractivity contribution in [3.8, 4) is 5.75 Å². The van der Waals surface area contributed by atoms with Gasteiger partial charge in [-0.05, 0) is 36.5 Å². The molecule has 1 aromatic rings. The van der Waals surface area contributed by atoms with E-state index >= 15 is 0 Å². The molecular formula is C13H20O2. The third-order valence-electron chi connectivity index (χ3n) is 2.78. The SMILES string of the molecule is CCCC(C)C(O)Cc1ccc(O)cc1. The molecule has 2 N–H and O–H groups in total. The Morgan fingerprint density at radius 1 is 1.20 bits per heavy atom. The molecule has 0 bridgehead atoms. The van der Waals surface area contributed by atoms with Crippen LogP contribution in [0, 0.1) is 5.92 Å². The van der Waals surface area contributed by atoms with Crippen LogP contribution >= 0.6 is 0 Å². The third kappa shape index (κ3) is 3.92. The van der Waals surface area contributed by atoms with E-state index in [4.69, 9.17) is 5.11 Å². The fraction of sp³-hybridized carbons (Fsp3) is 0.538. The van der Waals surface area contributed by atoms with Gasteiger partial charge in [-0.15, -0.1) is 0 Å². The van der Waals surface area contributed by atoms with E-state index in [1.165, 1.54) is 0 Å². The van der Waals surface area contributed by atoms with Crippen molar-refractivity contribution in [2.24, 2.45) is 5.92 Å². The van der Waals surface area contributed by atoms with Gasteiger partial charge in [-0.2, -0.15) is 0 Å². The number of aliphatic hydroxyl groups excluding tert-OH is 1. The number of phenolic OH excluding ortho intramolecular Hbond substituents is 1. The van der Waals surface area contributed by atoms with Gasteiger partial charge in [0.05, 0.1) is 6.10 Å². The summed E-state index contributed by atoms with van der Waals surface area (Å²) in [5.41, 5.74) is 1.07. The summed E-state index contributed by atoms with van der Waals surface area (Å²) in [5, 5.41) is 19.0. The highest BCUT2D eigenvalue weighted by Crippen LogP contribution is 2.17. The predicted molar refractivity (Wildman–Crippen MR) is 61.9 cm³/mol. The Labute approximate surface area is 91.6 Å². The van der Waals surface area contributed by atoms with Crippen LogP contribution in [0.1, 0.15) is 32.3 Å². The van der Waals surface area contributed by atoms with Crippen LogP contribution in [0.2, 0.25) is 0 Å². The summed E-state index contributed by atoms with van der Waals surface area (Å²) in [5.74, 6) is 0.610. The molecule has 0 aliphatic rings. The zero-order valence-corrected chi connectivity index (χ0v) is 9.48. The maximum absolute atomic E-state index is 9.91. The van der Waals surface area contributed by atoms with E-state index in [9.17, 15) is 5.11 Å². The van der Waals surface area contributed by atoms with Crippen LogP contribution in [0.25, 0.3) is 0 Å². The Hall–Kier alpha value is -1.02. The lowest BCUT2D eigenvalue weighted by Gasteiger charge is -2.18. The second-order valence-corrected chi connectivity index (χ2v) is 4.20. The van der Waals surface area contributed by atoms with Gasteiger partial charge in [0.2, 0.25) is 0 Å². The molecule has 2 nitrogen and oxygen atoms in total. The molecule has 1 rings (SSSR count). The summed E-state index contributed by atoms with van der Waals surface area (Å²) >= 11 is 0. The molecule has 2 unspecified atom stereocenters. The lowest BCUT2D eigenvalue weighted by Crippen LogP contribution is -2.20. The smallest absolute Gasteiger partial charge is 0.115 e. The number of rotatable bonds is 5. The minimum absolute atomic E-state index is 0.273. The van der Waals surface area contributed by atoms with Gasteiger partial charge >= 0.3 is 0 Å². The Morgan fingerprint density at radius 3 is 2.33 bits per heavy atom. The Balaban J connectivity index is 2.50. The molecule has 0 aliphatic heterocycles. The van der Waals surface area contributed by atoms with Crippen molar-refractivity contribution in [1.29, 1.82) is 0 Å². The lowest BCUT2D eigenvalue weighted by atomic mass is 9.94. The molecule has 0 radical (unpaired) electrons. The number of aliphatic hydroxyl groups is 1. The van der Waals surface area contributed by atoms with E-state index in [2.05, 4.69) is 13.8 Å². The summed E-state index contributed by atoms with van der Waals surface area (Å²) in [6.07, 6.45) is 2.55. The fourth-order valence-electron chi connectivity index (χ4n) is 1.72. The van der Waals surface area contributed by atoms with Crippen LogP contribution in [0.5, 0.6) is 5.75 Å². The van der Waals surface area contributed by atoms with Crippen molar-refractivity contribution >= 4 is 0 Å². The second-order valence-electron chi connectivity index (χ2n) is 4.20. The number of hydrogen-bond acceptors (Lipinski definition) is 2. The van der Waals surface area contributed by atoms with Gasteiger partial charge in [0.15, 0.2) is 0 Å². The molecule has 15 heavy (non-hydrogen) atoms. The quantitative estimate of drug-likeness (QED) is 0.781. The molecular weight excluding hydrogens is 188 g/mol. The van der Waals surface area contributed by atoms with Crippen molar-refractivity contribution in [3.05, 3.63) is 29.8 Å². The Bertz CT molecular complexity index is 279. The average molecular weight is 208 g/mol. The maximum Gasteiger partial charge on any atom is 0.115 e. The molecule has 0 aromatic heterocycles. The fourth-order valence-corrected chi connectivity index (χ4v) is 1.72. The van der Waals surface area contributed by atoms with Gasteiger partial charge in [0.1, 0.15) is 5.75 Å². The first-order chi connectivity index (χ1) is 7.13. The molecule has 0 saturated heterocycles. The van der Waals surface area contributed by atoms with E-state index in [-0.39, 0.29) is 11.9 Å². The molecule has 0 heterocycles. The van der Waals surface area contributed by atoms with Crippen LogP contribution in [-0.4, -0.2) is 16.3 Å². The lowest BCUT2D eigenvalue weighted by molar-refractivity contribution is 0.111. The van der Waals surface area contributed by atoms with E-state index in [0.29, 0.717) is 12.3 Å².